The Morgan fingerprint density at radius 3 is 2.85 bits per heavy atom. The van der Waals surface area contributed by atoms with E-state index in [-0.39, 0.29) is 0 Å². The maximum Gasteiger partial charge on any atom is 0.187 e. The Balaban J connectivity index is 1.72. The van der Waals surface area contributed by atoms with Crippen LogP contribution in [0.3, 0.4) is 0 Å². The summed E-state index contributed by atoms with van der Waals surface area (Å²) in [5.41, 5.74) is 5.90. The van der Waals surface area contributed by atoms with Crippen molar-refractivity contribution in [2.24, 2.45) is 16.6 Å². The lowest BCUT2D eigenvalue weighted by molar-refractivity contribution is 0.140. The van der Waals surface area contributed by atoms with E-state index in [0.717, 1.165) is 25.2 Å². The van der Waals surface area contributed by atoms with Gasteiger partial charge in [0, 0.05) is 12.0 Å². The monoisotopic (exact) mass is 180 g/mol. The standard InChI is InChI=1S/C10H16N2O/c11-7-3-4-9-8(5-7)12-10(13-9)6-1-2-6/h6-9H,1-5,11H2. The maximum atomic E-state index is 5.90. The molecule has 3 heteroatoms. The summed E-state index contributed by atoms with van der Waals surface area (Å²) in [6.07, 6.45) is 6.17. The average molecular weight is 180 g/mol. The van der Waals surface area contributed by atoms with Crippen LogP contribution >= 0.6 is 0 Å². The Bertz CT molecular complexity index is 247. The largest absolute Gasteiger partial charge is 0.475 e. The van der Waals surface area contributed by atoms with E-state index in [4.69, 9.17) is 10.5 Å². The molecule has 3 unspecified atom stereocenters. The second-order valence-corrected chi connectivity index (χ2v) is 4.54. The van der Waals surface area contributed by atoms with Gasteiger partial charge in [-0.3, -0.25) is 0 Å². The summed E-state index contributed by atoms with van der Waals surface area (Å²) < 4.78 is 5.83. The number of aliphatic imine (C=N–C) groups is 1. The van der Waals surface area contributed by atoms with Gasteiger partial charge in [-0.05, 0) is 32.1 Å². The Labute approximate surface area is 78.4 Å². The summed E-state index contributed by atoms with van der Waals surface area (Å²) in [7, 11) is 0. The van der Waals surface area contributed by atoms with Gasteiger partial charge >= 0.3 is 0 Å². The van der Waals surface area contributed by atoms with Crippen LogP contribution in [0.15, 0.2) is 4.99 Å². The van der Waals surface area contributed by atoms with Crippen molar-refractivity contribution in [1.29, 1.82) is 0 Å². The lowest BCUT2D eigenvalue weighted by Crippen LogP contribution is -2.37. The van der Waals surface area contributed by atoms with E-state index >= 15 is 0 Å². The van der Waals surface area contributed by atoms with E-state index in [0.29, 0.717) is 24.1 Å². The lowest BCUT2D eigenvalue weighted by Gasteiger charge is -2.26. The van der Waals surface area contributed by atoms with Crippen molar-refractivity contribution in [1.82, 2.24) is 0 Å². The Hall–Kier alpha value is -0.570. The fourth-order valence-electron chi connectivity index (χ4n) is 2.30. The van der Waals surface area contributed by atoms with Crippen LogP contribution in [-0.2, 0) is 4.74 Å². The molecule has 72 valence electrons. The minimum atomic E-state index is 0.354. The van der Waals surface area contributed by atoms with Crippen LogP contribution in [0.1, 0.15) is 32.1 Å². The summed E-state index contributed by atoms with van der Waals surface area (Å²) in [5, 5.41) is 0. The molecule has 2 saturated carbocycles. The molecule has 2 aliphatic carbocycles. The van der Waals surface area contributed by atoms with Gasteiger partial charge in [0.25, 0.3) is 0 Å². The summed E-state index contributed by atoms with van der Waals surface area (Å²) in [6.45, 7) is 0. The first-order chi connectivity index (χ1) is 6.33. The predicted molar refractivity (Wildman–Crippen MR) is 50.6 cm³/mol. The molecule has 3 aliphatic rings. The Morgan fingerprint density at radius 2 is 2.08 bits per heavy atom. The van der Waals surface area contributed by atoms with Gasteiger partial charge in [-0.15, -0.1) is 0 Å². The van der Waals surface area contributed by atoms with Gasteiger partial charge in [-0.2, -0.15) is 0 Å². The van der Waals surface area contributed by atoms with Gasteiger partial charge in [-0.1, -0.05) is 0 Å². The molecule has 0 aromatic carbocycles. The molecule has 0 amide bonds. The molecule has 1 heterocycles. The summed E-state index contributed by atoms with van der Waals surface area (Å²) in [6, 6.07) is 0.742. The number of nitrogens with zero attached hydrogens (tertiary/aromatic N) is 1. The first-order valence-corrected chi connectivity index (χ1v) is 5.33. The van der Waals surface area contributed by atoms with Crippen LogP contribution in [0.2, 0.25) is 0 Å². The smallest absolute Gasteiger partial charge is 0.187 e. The Morgan fingerprint density at radius 1 is 1.23 bits per heavy atom. The van der Waals surface area contributed by atoms with Crippen molar-refractivity contribution < 1.29 is 4.74 Å². The summed E-state index contributed by atoms with van der Waals surface area (Å²) in [5.74, 6) is 1.71. The van der Waals surface area contributed by atoms with Crippen LogP contribution in [-0.4, -0.2) is 24.1 Å². The molecule has 0 saturated heterocycles. The quantitative estimate of drug-likeness (QED) is 0.656. The molecule has 0 aromatic heterocycles. The van der Waals surface area contributed by atoms with E-state index in [1.54, 1.807) is 0 Å². The molecule has 0 radical (unpaired) electrons. The molecule has 2 fully saturated rings. The average Bonchev–Trinajstić information content (AvgIpc) is 2.87. The van der Waals surface area contributed by atoms with Crippen LogP contribution in [0.5, 0.6) is 0 Å². The van der Waals surface area contributed by atoms with E-state index < -0.39 is 0 Å². The molecule has 0 bridgehead atoms. The zero-order valence-corrected chi connectivity index (χ0v) is 7.78. The zero-order chi connectivity index (χ0) is 8.84. The second-order valence-electron chi connectivity index (χ2n) is 4.54. The van der Waals surface area contributed by atoms with Crippen LogP contribution in [0.25, 0.3) is 0 Å². The van der Waals surface area contributed by atoms with Crippen LogP contribution < -0.4 is 5.73 Å². The van der Waals surface area contributed by atoms with Crippen molar-refractivity contribution in [3.05, 3.63) is 0 Å². The molecular formula is C10H16N2O. The lowest BCUT2D eigenvalue weighted by atomic mass is 9.90. The number of rotatable bonds is 1. The number of hydrogen-bond donors (Lipinski definition) is 1. The third kappa shape index (κ3) is 1.35. The summed E-state index contributed by atoms with van der Waals surface area (Å²) >= 11 is 0. The minimum absolute atomic E-state index is 0.354. The van der Waals surface area contributed by atoms with Gasteiger partial charge in [-0.25, -0.2) is 4.99 Å². The molecule has 2 N–H and O–H groups in total. The maximum absolute atomic E-state index is 5.90. The van der Waals surface area contributed by atoms with Crippen molar-refractivity contribution in [2.45, 2.75) is 50.3 Å². The van der Waals surface area contributed by atoms with E-state index in [9.17, 15) is 0 Å². The normalized spacial score (nSPS) is 43.8. The van der Waals surface area contributed by atoms with Gasteiger partial charge in [0.15, 0.2) is 5.90 Å². The van der Waals surface area contributed by atoms with Crippen molar-refractivity contribution >= 4 is 5.90 Å². The topological polar surface area (TPSA) is 47.6 Å². The molecule has 13 heavy (non-hydrogen) atoms. The van der Waals surface area contributed by atoms with Gasteiger partial charge in [0.05, 0.1) is 6.04 Å². The highest BCUT2D eigenvalue weighted by Crippen LogP contribution is 2.37. The third-order valence-corrected chi connectivity index (χ3v) is 3.29. The fourth-order valence-corrected chi connectivity index (χ4v) is 2.30. The highest BCUT2D eigenvalue weighted by atomic mass is 16.5. The highest BCUT2D eigenvalue weighted by Gasteiger charge is 2.41. The van der Waals surface area contributed by atoms with E-state index in [2.05, 4.69) is 4.99 Å². The van der Waals surface area contributed by atoms with Crippen molar-refractivity contribution in [2.75, 3.05) is 0 Å². The Kier molecular flexibility index (Phi) is 1.62. The second kappa shape index (κ2) is 2.71. The predicted octanol–water partition coefficient (Wildman–Crippen LogP) is 1.07. The van der Waals surface area contributed by atoms with Crippen molar-refractivity contribution in [3.8, 4) is 0 Å². The van der Waals surface area contributed by atoms with Crippen LogP contribution in [0.4, 0.5) is 0 Å². The van der Waals surface area contributed by atoms with E-state index in [1.807, 2.05) is 0 Å². The first-order valence-electron chi connectivity index (χ1n) is 5.33. The van der Waals surface area contributed by atoms with Gasteiger partial charge < -0.3 is 10.5 Å². The fraction of sp³-hybridized carbons (Fsp3) is 0.900. The minimum Gasteiger partial charge on any atom is -0.475 e. The molecule has 3 nitrogen and oxygen atoms in total. The van der Waals surface area contributed by atoms with Crippen molar-refractivity contribution in [3.63, 3.8) is 0 Å². The van der Waals surface area contributed by atoms with E-state index in [1.165, 1.54) is 12.8 Å². The summed E-state index contributed by atoms with van der Waals surface area (Å²) in [4.78, 5) is 4.64. The first kappa shape index (κ1) is 7.80. The third-order valence-electron chi connectivity index (χ3n) is 3.29. The highest BCUT2D eigenvalue weighted by molar-refractivity contribution is 5.82. The number of ether oxygens (including phenoxy) is 1. The molecule has 1 aliphatic heterocycles. The van der Waals surface area contributed by atoms with Gasteiger partial charge in [0.1, 0.15) is 6.10 Å². The number of fused-ring (bicyclic) bond motifs is 1. The zero-order valence-electron chi connectivity index (χ0n) is 7.78. The van der Waals surface area contributed by atoms with Crippen LogP contribution in [0, 0.1) is 5.92 Å². The molecule has 3 atom stereocenters. The molecular weight excluding hydrogens is 164 g/mol. The SMILES string of the molecule is NC1CCC2OC(C3CC3)=NC2C1. The number of nitrogens with two attached hydrogens (primary N) is 1. The molecule has 0 spiro atoms. The number of hydrogen-bond acceptors (Lipinski definition) is 3. The molecule has 3 rings (SSSR count). The molecule has 0 aromatic rings. The van der Waals surface area contributed by atoms with Gasteiger partial charge in [0.2, 0.25) is 0 Å².